The highest BCUT2D eigenvalue weighted by atomic mass is 15.2. The fourth-order valence-electron chi connectivity index (χ4n) is 2.91. The fourth-order valence-corrected chi connectivity index (χ4v) is 2.91. The van der Waals surface area contributed by atoms with E-state index in [0.29, 0.717) is 12.1 Å². The average Bonchev–Trinajstić information content (AvgIpc) is 2.44. The Hall–Kier alpha value is -0.900. The van der Waals surface area contributed by atoms with Gasteiger partial charge in [0.2, 0.25) is 0 Å². The number of rotatable bonds is 9. The van der Waals surface area contributed by atoms with E-state index >= 15 is 0 Å². The van der Waals surface area contributed by atoms with Crippen molar-refractivity contribution in [3.8, 4) is 0 Å². The van der Waals surface area contributed by atoms with Crippen LogP contribution in [0.15, 0.2) is 24.3 Å². The minimum Gasteiger partial charge on any atom is -0.313 e. The largest absolute Gasteiger partial charge is 0.313 e. The van der Waals surface area contributed by atoms with Crippen molar-refractivity contribution in [2.75, 3.05) is 40.8 Å². The Balaban J connectivity index is 2.58. The molecule has 0 aromatic heterocycles. The van der Waals surface area contributed by atoms with Gasteiger partial charge in [-0.15, -0.1) is 0 Å². The van der Waals surface area contributed by atoms with Crippen LogP contribution in [-0.2, 0) is 0 Å². The lowest BCUT2D eigenvalue weighted by Crippen LogP contribution is -2.41. The summed E-state index contributed by atoms with van der Waals surface area (Å²) >= 11 is 0. The molecule has 21 heavy (non-hydrogen) atoms. The molecule has 0 amide bonds. The van der Waals surface area contributed by atoms with E-state index in [1.165, 1.54) is 11.1 Å². The molecule has 2 unspecified atom stereocenters. The number of benzene rings is 1. The Labute approximate surface area is 131 Å². The molecule has 0 aliphatic heterocycles. The molecule has 0 spiro atoms. The zero-order valence-electron chi connectivity index (χ0n) is 14.7. The Morgan fingerprint density at radius 3 is 2.24 bits per heavy atom. The van der Waals surface area contributed by atoms with Crippen molar-refractivity contribution in [2.45, 2.75) is 39.3 Å². The Kier molecular flexibility index (Phi) is 7.94. The van der Waals surface area contributed by atoms with Crippen LogP contribution in [0.5, 0.6) is 0 Å². The highest BCUT2D eigenvalue weighted by Gasteiger charge is 2.16. The van der Waals surface area contributed by atoms with Crippen LogP contribution in [0.25, 0.3) is 0 Å². The van der Waals surface area contributed by atoms with E-state index in [-0.39, 0.29) is 0 Å². The first kappa shape index (κ1) is 18.1. The van der Waals surface area contributed by atoms with Gasteiger partial charge in [0.15, 0.2) is 0 Å². The van der Waals surface area contributed by atoms with E-state index < -0.39 is 0 Å². The van der Waals surface area contributed by atoms with Crippen LogP contribution in [0.3, 0.4) is 0 Å². The van der Waals surface area contributed by atoms with E-state index in [2.05, 4.69) is 81.3 Å². The molecule has 1 aromatic carbocycles. The number of likely N-dealkylation sites (N-methyl/N-ethyl adjacent to an activating group) is 2. The molecule has 1 rings (SSSR count). The minimum atomic E-state index is 0.436. The van der Waals surface area contributed by atoms with Crippen LogP contribution in [0.1, 0.15) is 37.4 Å². The quantitative estimate of drug-likeness (QED) is 0.755. The van der Waals surface area contributed by atoms with Gasteiger partial charge in [0.25, 0.3) is 0 Å². The van der Waals surface area contributed by atoms with Crippen molar-refractivity contribution in [2.24, 2.45) is 0 Å². The molecule has 0 fully saturated rings. The molecule has 2 atom stereocenters. The maximum atomic E-state index is 3.46. The van der Waals surface area contributed by atoms with Gasteiger partial charge in [-0.05, 0) is 53.5 Å². The first-order chi connectivity index (χ1) is 9.97. The van der Waals surface area contributed by atoms with Gasteiger partial charge >= 0.3 is 0 Å². The summed E-state index contributed by atoms with van der Waals surface area (Å²) in [4.78, 5) is 4.83. The van der Waals surface area contributed by atoms with Crippen molar-refractivity contribution < 1.29 is 0 Å². The first-order valence-corrected chi connectivity index (χ1v) is 8.10. The zero-order valence-corrected chi connectivity index (χ0v) is 14.7. The van der Waals surface area contributed by atoms with Crippen molar-refractivity contribution in [1.29, 1.82) is 0 Å². The van der Waals surface area contributed by atoms with Gasteiger partial charge in [0.1, 0.15) is 0 Å². The van der Waals surface area contributed by atoms with Gasteiger partial charge < -0.3 is 10.2 Å². The predicted molar refractivity (Wildman–Crippen MR) is 92.9 cm³/mol. The molecule has 0 aliphatic carbocycles. The number of nitrogens with zero attached hydrogens (tertiary/aromatic N) is 2. The maximum absolute atomic E-state index is 3.46. The predicted octanol–water partition coefficient (Wildman–Crippen LogP) is 2.92. The van der Waals surface area contributed by atoms with Crippen LogP contribution in [0.2, 0.25) is 0 Å². The molecule has 0 heterocycles. The topological polar surface area (TPSA) is 18.5 Å². The average molecular weight is 291 g/mol. The molecule has 0 radical (unpaired) electrons. The normalized spacial score (nSPS) is 14.7. The summed E-state index contributed by atoms with van der Waals surface area (Å²) in [6.07, 6.45) is 1.14. The summed E-state index contributed by atoms with van der Waals surface area (Å²) < 4.78 is 0. The molecular weight excluding hydrogens is 258 g/mol. The molecular formula is C18H33N3. The van der Waals surface area contributed by atoms with Crippen LogP contribution in [0.4, 0.5) is 0 Å². The minimum absolute atomic E-state index is 0.436. The van der Waals surface area contributed by atoms with Gasteiger partial charge in [-0.25, -0.2) is 0 Å². The monoisotopic (exact) mass is 291 g/mol. The van der Waals surface area contributed by atoms with Crippen LogP contribution in [0, 0.1) is 6.92 Å². The third-order valence-corrected chi connectivity index (χ3v) is 4.19. The molecule has 3 heteroatoms. The molecule has 0 aliphatic rings. The van der Waals surface area contributed by atoms with Crippen LogP contribution >= 0.6 is 0 Å². The van der Waals surface area contributed by atoms with Crippen molar-refractivity contribution in [3.63, 3.8) is 0 Å². The maximum Gasteiger partial charge on any atom is 0.0329 e. The number of nitrogens with one attached hydrogen (secondary N) is 1. The van der Waals surface area contributed by atoms with Crippen LogP contribution < -0.4 is 5.32 Å². The molecule has 120 valence electrons. The lowest BCUT2D eigenvalue weighted by Gasteiger charge is -2.31. The highest BCUT2D eigenvalue weighted by molar-refractivity contribution is 5.24. The van der Waals surface area contributed by atoms with Gasteiger partial charge in [-0.3, -0.25) is 4.90 Å². The second-order valence-corrected chi connectivity index (χ2v) is 6.28. The summed E-state index contributed by atoms with van der Waals surface area (Å²) in [7, 11) is 6.35. The lowest BCUT2D eigenvalue weighted by atomic mass is 10.0. The molecule has 0 bridgehead atoms. The second-order valence-electron chi connectivity index (χ2n) is 6.28. The Morgan fingerprint density at radius 2 is 1.76 bits per heavy atom. The molecule has 0 saturated carbocycles. The fraction of sp³-hybridized carbons (Fsp3) is 0.667. The first-order valence-electron chi connectivity index (χ1n) is 8.10. The van der Waals surface area contributed by atoms with Gasteiger partial charge in [0, 0.05) is 25.2 Å². The van der Waals surface area contributed by atoms with Crippen molar-refractivity contribution in [1.82, 2.24) is 15.1 Å². The standard InChI is InChI=1S/C18H33N3/c1-7-21(16(3)14-20(5)6)13-12-18(19-4)17-10-8-15(2)9-11-17/h8-11,16,18-19H,7,12-14H2,1-6H3. The number of hydrogen-bond donors (Lipinski definition) is 1. The van der Waals surface area contributed by atoms with E-state index in [4.69, 9.17) is 0 Å². The number of aryl methyl sites for hydroxylation is 1. The highest BCUT2D eigenvalue weighted by Crippen LogP contribution is 2.18. The second kappa shape index (κ2) is 9.19. The smallest absolute Gasteiger partial charge is 0.0329 e. The summed E-state index contributed by atoms with van der Waals surface area (Å²) in [6, 6.07) is 9.93. The summed E-state index contributed by atoms with van der Waals surface area (Å²) in [5.74, 6) is 0. The van der Waals surface area contributed by atoms with E-state index in [1.54, 1.807) is 0 Å². The van der Waals surface area contributed by atoms with Gasteiger partial charge in [0.05, 0.1) is 0 Å². The summed E-state index contributed by atoms with van der Waals surface area (Å²) in [5.41, 5.74) is 2.71. The summed E-state index contributed by atoms with van der Waals surface area (Å²) in [6.45, 7) is 10.1. The third kappa shape index (κ3) is 6.16. The summed E-state index contributed by atoms with van der Waals surface area (Å²) in [5, 5.41) is 3.46. The van der Waals surface area contributed by atoms with Crippen molar-refractivity contribution in [3.05, 3.63) is 35.4 Å². The molecule has 1 N–H and O–H groups in total. The third-order valence-electron chi connectivity index (χ3n) is 4.19. The van der Waals surface area contributed by atoms with E-state index in [9.17, 15) is 0 Å². The Bertz CT molecular complexity index is 386. The van der Waals surface area contributed by atoms with Crippen LogP contribution in [-0.4, -0.2) is 56.6 Å². The zero-order chi connectivity index (χ0) is 15.8. The van der Waals surface area contributed by atoms with E-state index in [1.807, 2.05) is 0 Å². The molecule has 3 nitrogen and oxygen atoms in total. The lowest BCUT2D eigenvalue weighted by molar-refractivity contribution is 0.174. The molecule has 0 saturated heterocycles. The van der Waals surface area contributed by atoms with Crippen molar-refractivity contribution >= 4 is 0 Å². The van der Waals surface area contributed by atoms with Gasteiger partial charge in [-0.2, -0.15) is 0 Å². The number of hydrogen-bond acceptors (Lipinski definition) is 3. The molecule has 1 aromatic rings. The SMILES string of the molecule is CCN(CCC(NC)c1ccc(C)cc1)C(C)CN(C)C. The Morgan fingerprint density at radius 1 is 1.14 bits per heavy atom. The van der Waals surface area contributed by atoms with Gasteiger partial charge in [-0.1, -0.05) is 36.8 Å². The van der Waals surface area contributed by atoms with E-state index in [0.717, 1.165) is 26.1 Å².